The zero-order valence-electron chi connectivity index (χ0n) is 25.2. The highest BCUT2D eigenvalue weighted by Gasteiger charge is 2.29. The lowest BCUT2D eigenvalue weighted by molar-refractivity contribution is -0.131. The fourth-order valence-electron chi connectivity index (χ4n) is 5.80. The number of hydrogen-bond donors (Lipinski definition) is 3. The van der Waals surface area contributed by atoms with E-state index < -0.39 is 6.04 Å². The van der Waals surface area contributed by atoms with E-state index in [0.717, 1.165) is 66.3 Å². The van der Waals surface area contributed by atoms with E-state index in [1.165, 1.54) is 25.7 Å². The van der Waals surface area contributed by atoms with E-state index in [9.17, 15) is 9.59 Å². The van der Waals surface area contributed by atoms with Gasteiger partial charge < -0.3 is 21.1 Å². The summed E-state index contributed by atoms with van der Waals surface area (Å²) in [4.78, 5) is 31.0. The first-order valence-electron chi connectivity index (χ1n) is 15.9. The largest absolute Gasteiger partial charge is 0.489 e. The van der Waals surface area contributed by atoms with Gasteiger partial charge in [0.2, 0.25) is 11.8 Å². The van der Waals surface area contributed by atoms with Crippen LogP contribution in [0.1, 0.15) is 82.3 Å². The van der Waals surface area contributed by atoms with E-state index in [2.05, 4.69) is 22.5 Å². The van der Waals surface area contributed by atoms with Crippen LogP contribution in [0.3, 0.4) is 0 Å². The highest BCUT2D eigenvalue weighted by molar-refractivity contribution is 5.88. The van der Waals surface area contributed by atoms with Crippen molar-refractivity contribution in [3.8, 4) is 5.75 Å². The average molecular weight is 573 g/mol. The van der Waals surface area contributed by atoms with Crippen molar-refractivity contribution in [1.29, 1.82) is 0 Å². The molecule has 1 aromatic heterocycles. The van der Waals surface area contributed by atoms with Gasteiger partial charge in [-0.15, -0.1) is 0 Å². The molecule has 226 valence electrons. The van der Waals surface area contributed by atoms with Gasteiger partial charge in [-0.25, -0.2) is 0 Å². The van der Waals surface area contributed by atoms with Crippen LogP contribution in [0, 0.1) is 11.8 Å². The molecule has 2 amide bonds. The summed E-state index contributed by atoms with van der Waals surface area (Å²) in [5, 5.41) is 7.26. The molecular formula is C35H48N4O3. The van der Waals surface area contributed by atoms with Crippen molar-refractivity contribution >= 4 is 22.7 Å². The number of fused-ring (bicyclic) bond motifs is 1. The van der Waals surface area contributed by atoms with Crippen LogP contribution in [0.15, 0.2) is 60.8 Å². The van der Waals surface area contributed by atoms with Gasteiger partial charge in [0.25, 0.3) is 0 Å². The van der Waals surface area contributed by atoms with E-state index in [4.69, 9.17) is 10.5 Å². The summed E-state index contributed by atoms with van der Waals surface area (Å²) in [7, 11) is 0. The molecule has 42 heavy (non-hydrogen) atoms. The molecule has 3 aromatic rings. The highest BCUT2D eigenvalue weighted by atomic mass is 16.5. The van der Waals surface area contributed by atoms with Gasteiger partial charge in [-0.1, -0.05) is 75.4 Å². The lowest BCUT2D eigenvalue weighted by Gasteiger charge is -2.28. The van der Waals surface area contributed by atoms with Crippen molar-refractivity contribution in [1.82, 2.24) is 15.6 Å². The van der Waals surface area contributed by atoms with Gasteiger partial charge >= 0.3 is 0 Å². The minimum Gasteiger partial charge on any atom is -0.489 e. The van der Waals surface area contributed by atoms with Crippen molar-refractivity contribution in [2.24, 2.45) is 17.6 Å². The van der Waals surface area contributed by atoms with E-state index in [0.29, 0.717) is 32.0 Å². The Bertz CT molecular complexity index is 1250. The molecule has 7 nitrogen and oxygen atoms in total. The van der Waals surface area contributed by atoms with Crippen LogP contribution < -0.4 is 21.1 Å². The van der Waals surface area contributed by atoms with Gasteiger partial charge in [0.1, 0.15) is 18.4 Å². The number of benzene rings is 2. The first kappa shape index (κ1) is 31.5. The number of carbonyl (C=O) groups excluding carboxylic acids is 2. The second kappa shape index (κ2) is 16.9. The number of rotatable bonds is 16. The van der Waals surface area contributed by atoms with Crippen molar-refractivity contribution in [3.63, 3.8) is 0 Å². The van der Waals surface area contributed by atoms with Crippen LogP contribution in [0.25, 0.3) is 10.9 Å². The predicted octanol–water partition coefficient (Wildman–Crippen LogP) is 6.08. The molecule has 7 heteroatoms. The molecule has 1 heterocycles. The van der Waals surface area contributed by atoms with Gasteiger partial charge in [0, 0.05) is 36.0 Å². The lowest BCUT2D eigenvalue weighted by atomic mass is 9.81. The van der Waals surface area contributed by atoms with Crippen LogP contribution >= 0.6 is 0 Å². The number of para-hydroxylation sites is 1. The molecule has 4 rings (SSSR count). The Hall–Kier alpha value is -3.45. The highest BCUT2D eigenvalue weighted by Crippen LogP contribution is 2.28. The number of unbranched alkanes of at least 4 members (excludes halogenated alkanes) is 5. The summed E-state index contributed by atoms with van der Waals surface area (Å²) in [6, 6.07) is 17.3. The van der Waals surface area contributed by atoms with Gasteiger partial charge in [0.15, 0.2) is 0 Å². The van der Waals surface area contributed by atoms with Gasteiger partial charge in [-0.3, -0.25) is 14.6 Å². The number of aromatic nitrogens is 1. The number of nitrogens with two attached hydrogens (primary N) is 1. The molecule has 1 saturated carbocycles. The number of carbonyl (C=O) groups is 2. The molecule has 0 bridgehead atoms. The quantitative estimate of drug-likeness (QED) is 0.180. The smallest absolute Gasteiger partial charge is 0.242 e. The minimum atomic E-state index is -0.613. The third kappa shape index (κ3) is 9.55. The number of nitrogens with one attached hydrogen (secondary N) is 2. The van der Waals surface area contributed by atoms with E-state index in [1.807, 2.05) is 54.6 Å². The molecule has 0 spiro atoms. The van der Waals surface area contributed by atoms with Crippen molar-refractivity contribution in [2.45, 2.75) is 90.2 Å². The van der Waals surface area contributed by atoms with Gasteiger partial charge in [-0.2, -0.15) is 0 Å². The van der Waals surface area contributed by atoms with E-state index in [-0.39, 0.29) is 17.7 Å². The third-order valence-electron chi connectivity index (χ3n) is 8.49. The van der Waals surface area contributed by atoms with Crippen molar-refractivity contribution < 1.29 is 14.3 Å². The maximum atomic E-state index is 13.3. The van der Waals surface area contributed by atoms with Gasteiger partial charge in [-0.05, 0) is 68.3 Å². The Balaban J connectivity index is 1.34. The second-order valence-corrected chi connectivity index (χ2v) is 11.7. The first-order chi connectivity index (χ1) is 20.6. The fourth-order valence-corrected chi connectivity index (χ4v) is 5.80. The van der Waals surface area contributed by atoms with Crippen LogP contribution in [0.5, 0.6) is 5.75 Å². The van der Waals surface area contributed by atoms with Crippen LogP contribution in [-0.4, -0.2) is 35.9 Å². The van der Waals surface area contributed by atoms with E-state index >= 15 is 0 Å². The Morgan fingerprint density at radius 2 is 1.69 bits per heavy atom. The number of nitrogens with zero attached hydrogens (tertiary/aromatic N) is 1. The Labute approximate surface area is 251 Å². The topological polar surface area (TPSA) is 106 Å². The summed E-state index contributed by atoms with van der Waals surface area (Å²) in [5.74, 6) is 1.06. The standard InChI is InChI=1S/C35H48N4O3/c1-2-3-4-5-6-7-21-38-35(41)32(39-34(40)29-17-13-27(24-36)14-18-29)23-26-15-19-31(20-16-26)42-25-30-11-8-10-28-12-9-22-37-33(28)30/h8-12,15-16,19-20,22,27,29,32H,2-7,13-14,17-18,21,23-25,36H2,1H3,(H,38,41)(H,39,40)/t27?,29?,32-/m0/s1. The molecular weight excluding hydrogens is 524 g/mol. The van der Waals surface area contributed by atoms with Crippen molar-refractivity contribution in [2.75, 3.05) is 13.1 Å². The Kier molecular flexibility index (Phi) is 12.6. The predicted molar refractivity (Wildman–Crippen MR) is 169 cm³/mol. The minimum absolute atomic E-state index is 0.0196. The first-order valence-corrected chi connectivity index (χ1v) is 15.9. The summed E-state index contributed by atoms with van der Waals surface area (Å²) in [6.07, 6.45) is 12.8. The molecule has 0 radical (unpaired) electrons. The lowest BCUT2D eigenvalue weighted by Crippen LogP contribution is -2.50. The third-order valence-corrected chi connectivity index (χ3v) is 8.49. The van der Waals surface area contributed by atoms with Crippen molar-refractivity contribution in [3.05, 3.63) is 71.9 Å². The molecule has 0 aliphatic heterocycles. The number of amides is 2. The summed E-state index contributed by atoms with van der Waals surface area (Å²) in [5.41, 5.74) is 8.79. The van der Waals surface area contributed by atoms with Gasteiger partial charge in [0.05, 0.1) is 5.52 Å². The molecule has 1 aliphatic carbocycles. The molecule has 2 aromatic carbocycles. The monoisotopic (exact) mass is 572 g/mol. The number of ether oxygens (including phenoxy) is 1. The maximum absolute atomic E-state index is 13.3. The summed E-state index contributed by atoms with van der Waals surface area (Å²) >= 11 is 0. The molecule has 4 N–H and O–H groups in total. The summed E-state index contributed by atoms with van der Waals surface area (Å²) < 4.78 is 6.07. The zero-order chi connectivity index (χ0) is 29.6. The van der Waals surface area contributed by atoms with Crippen LogP contribution in [0.2, 0.25) is 0 Å². The van der Waals surface area contributed by atoms with Crippen LogP contribution in [-0.2, 0) is 22.6 Å². The molecule has 1 fully saturated rings. The normalized spacial score (nSPS) is 17.5. The van der Waals surface area contributed by atoms with Crippen LogP contribution in [0.4, 0.5) is 0 Å². The average Bonchev–Trinajstić information content (AvgIpc) is 3.03. The molecule has 0 saturated heterocycles. The summed E-state index contributed by atoms with van der Waals surface area (Å²) in [6.45, 7) is 3.94. The Morgan fingerprint density at radius 3 is 2.45 bits per heavy atom. The second-order valence-electron chi connectivity index (χ2n) is 11.7. The number of pyridine rings is 1. The molecule has 0 unspecified atom stereocenters. The number of hydrogen-bond acceptors (Lipinski definition) is 5. The zero-order valence-corrected chi connectivity index (χ0v) is 25.2. The molecule has 1 aliphatic rings. The maximum Gasteiger partial charge on any atom is 0.242 e. The Morgan fingerprint density at radius 1 is 0.952 bits per heavy atom. The molecule has 1 atom stereocenters. The SMILES string of the molecule is CCCCCCCCNC(=O)[C@H](Cc1ccc(OCc2cccc3cccnc23)cc1)NC(=O)C1CCC(CN)CC1. The van der Waals surface area contributed by atoms with E-state index in [1.54, 1.807) is 6.20 Å². The fraction of sp³-hybridized carbons (Fsp3) is 0.514.